The molecule has 0 radical (unpaired) electrons. The number of thioether (sulfide) groups is 1. The van der Waals surface area contributed by atoms with Gasteiger partial charge in [0, 0.05) is 32.7 Å². The fourth-order valence-corrected chi connectivity index (χ4v) is 5.60. The Bertz CT molecular complexity index is 994. The van der Waals surface area contributed by atoms with E-state index in [9.17, 15) is 13.2 Å². The Morgan fingerprint density at radius 1 is 1.07 bits per heavy atom. The molecule has 3 nitrogen and oxygen atoms in total. The number of hydrogen-bond acceptors (Lipinski definition) is 5. The van der Waals surface area contributed by atoms with Gasteiger partial charge in [0.1, 0.15) is 9.33 Å². The zero-order valence-electron chi connectivity index (χ0n) is 16.1. The lowest BCUT2D eigenvalue weighted by Crippen LogP contribution is -2.47. The molecule has 0 N–H and O–H groups in total. The van der Waals surface area contributed by atoms with Gasteiger partial charge in [-0.15, -0.1) is 11.3 Å². The minimum absolute atomic E-state index is 0.517. The Morgan fingerprint density at radius 3 is 2.57 bits per heavy atom. The standard InChI is InChI=1S/C21H20F3N3S3/c22-21(23,24)16-5-3-4-15(12-16)13-26-8-10-27(11-9-26)20(28)29-14-19-25-17-6-1-2-7-18(17)30-19/h1-7,12H,8-11,13-14H2. The van der Waals surface area contributed by atoms with Crippen molar-refractivity contribution < 1.29 is 13.2 Å². The first kappa shape index (κ1) is 21.5. The molecule has 0 bridgehead atoms. The van der Waals surface area contributed by atoms with Crippen LogP contribution in [0.3, 0.4) is 0 Å². The van der Waals surface area contributed by atoms with Gasteiger partial charge in [-0.1, -0.05) is 54.3 Å². The lowest BCUT2D eigenvalue weighted by molar-refractivity contribution is -0.137. The maximum Gasteiger partial charge on any atom is 0.416 e. The molecule has 0 amide bonds. The number of para-hydroxylation sites is 1. The fraction of sp³-hybridized carbons (Fsp3) is 0.333. The highest BCUT2D eigenvalue weighted by molar-refractivity contribution is 8.22. The van der Waals surface area contributed by atoms with Gasteiger partial charge in [-0.25, -0.2) is 4.98 Å². The summed E-state index contributed by atoms with van der Waals surface area (Å²) in [5, 5.41) is 1.06. The Labute approximate surface area is 186 Å². The maximum atomic E-state index is 12.9. The van der Waals surface area contributed by atoms with E-state index in [4.69, 9.17) is 12.2 Å². The largest absolute Gasteiger partial charge is 0.416 e. The highest BCUT2D eigenvalue weighted by Gasteiger charge is 2.30. The van der Waals surface area contributed by atoms with Crippen molar-refractivity contribution in [1.82, 2.24) is 14.8 Å². The molecule has 1 fully saturated rings. The van der Waals surface area contributed by atoms with Crippen LogP contribution in [0.5, 0.6) is 0 Å². The maximum absolute atomic E-state index is 12.9. The van der Waals surface area contributed by atoms with Crippen LogP contribution in [0.4, 0.5) is 13.2 Å². The average molecular weight is 468 g/mol. The van der Waals surface area contributed by atoms with Crippen molar-refractivity contribution >= 4 is 49.9 Å². The Kier molecular flexibility index (Phi) is 6.62. The summed E-state index contributed by atoms with van der Waals surface area (Å²) in [6.07, 6.45) is -4.30. The molecule has 0 unspecified atom stereocenters. The summed E-state index contributed by atoms with van der Waals surface area (Å²) < 4.78 is 40.7. The van der Waals surface area contributed by atoms with Crippen molar-refractivity contribution in [1.29, 1.82) is 0 Å². The Morgan fingerprint density at radius 2 is 1.83 bits per heavy atom. The van der Waals surface area contributed by atoms with Crippen molar-refractivity contribution in [3.63, 3.8) is 0 Å². The quantitative estimate of drug-likeness (QED) is 0.461. The lowest BCUT2D eigenvalue weighted by Gasteiger charge is -2.35. The summed E-state index contributed by atoms with van der Waals surface area (Å²) in [6.45, 7) is 3.63. The van der Waals surface area contributed by atoms with Crippen LogP contribution in [-0.2, 0) is 18.5 Å². The number of aromatic nitrogens is 1. The predicted octanol–water partition coefficient (Wildman–Crippen LogP) is 5.65. The second kappa shape index (κ2) is 9.21. The number of hydrogen-bond donors (Lipinski definition) is 0. The van der Waals surface area contributed by atoms with Gasteiger partial charge in [-0.2, -0.15) is 13.2 Å². The van der Waals surface area contributed by atoms with E-state index in [2.05, 4.69) is 20.9 Å². The van der Waals surface area contributed by atoms with Crippen LogP contribution in [-0.4, -0.2) is 45.3 Å². The van der Waals surface area contributed by atoms with E-state index in [1.54, 1.807) is 29.2 Å². The van der Waals surface area contributed by atoms with Crippen molar-refractivity contribution in [3.05, 3.63) is 64.7 Å². The summed E-state index contributed by atoms with van der Waals surface area (Å²) in [5.74, 6) is 0.753. The molecule has 1 aromatic heterocycles. The van der Waals surface area contributed by atoms with Crippen molar-refractivity contribution in [2.45, 2.75) is 18.5 Å². The topological polar surface area (TPSA) is 19.4 Å². The highest BCUT2D eigenvalue weighted by Crippen LogP contribution is 2.30. The average Bonchev–Trinajstić information content (AvgIpc) is 3.15. The molecular weight excluding hydrogens is 447 g/mol. The normalized spacial score (nSPS) is 15.6. The SMILES string of the molecule is FC(F)(F)c1cccc(CN2CCN(C(=S)SCc3nc4ccccc4s3)CC2)c1. The van der Waals surface area contributed by atoms with Crippen LogP contribution in [0.15, 0.2) is 48.5 Å². The molecule has 4 rings (SSSR count). The summed E-state index contributed by atoms with van der Waals surface area (Å²) >= 11 is 8.92. The smallest absolute Gasteiger partial charge is 0.355 e. The van der Waals surface area contributed by atoms with Crippen LogP contribution in [0.2, 0.25) is 0 Å². The summed E-state index contributed by atoms with van der Waals surface area (Å²) in [7, 11) is 0. The molecule has 2 heterocycles. The van der Waals surface area contributed by atoms with Gasteiger partial charge in [-0.3, -0.25) is 4.90 Å². The molecule has 0 saturated carbocycles. The first-order valence-electron chi connectivity index (χ1n) is 9.53. The Hall–Kier alpha value is -1.68. The van der Waals surface area contributed by atoms with Gasteiger partial charge >= 0.3 is 6.18 Å². The molecule has 3 aromatic rings. The second-order valence-electron chi connectivity index (χ2n) is 7.09. The molecule has 30 heavy (non-hydrogen) atoms. The Balaban J connectivity index is 1.26. The molecule has 2 aromatic carbocycles. The van der Waals surface area contributed by atoms with Crippen LogP contribution >= 0.6 is 35.3 Å². The van der Waals surface area contributed by atoms with Gasteiger partial charge in [0.2, 0.25) is 0 Å². The lowest BCUT2D eigenvalue weighted by atomic mass is 10.1. The van der Waals surface area contributed by atoms with Crippen molar-refractivity contribution in [2.75, 3.05) is 26.2 Å². The van der Waals surface area contributed by atoms with E-state index in [1.165, 1.54) is 16.8 Å². The fourth-order valence-electron chi connectivity index (χ4n) is 3.39. The van der Waals surface area contributed by atoms with Gasteiger partial charge in [-0.05, 0) is 23.8 Å². The molecule has 158 valence electrons. The number of nitrogens with zero attached hydrogens (tertiary/aromatic N) is 3. The third kappa shape index (κ3) is 5.32. The molecule has 9 heteroatoms. The number of thiocarbonyl (C=S) groups is 1. The number of alkyl halides is 3. The summed E-state index contributed by atoms with van der Waals surface area (Å²) in [6, 6.07) is 13.7. The number of halogens is 3. The van der Waals surface area contributed by atoms with Gasteiger partial charge < -0.3 is 4.90 Å². The van der Waals surface area contributed by atoms with Gasteiger partial charge in [0.25, 0.3) is 0 Å². The van der Waals surface area contributed by atoms with E-state index in [1.807, 2.05) is 18.2 Å². The monoisotopic (exact) mass is 467 g/mol. The molecule has 1 saturated heterocycles. The molecule has 0 atom stereocenters. The molecule has 0 spiro atoms. The highest BCUT2D eigenvalue weighted by atomic mass is 32.2. The van der Waals surface area contributed by atoms with E-state index in [0.29, 0.717) is 12.1 Å². The van der Waals surface area contributed by atoms with Crippen LogP contribution in [0.1, 0.15) is 16.1 Å². The van der Waals surface area contributed by atoms with Crippen LogP contribution in [0.25, 0.3) is 10.2 Å². The van der Waals surface area contributed by atoms with E-state index in [-0.39, 0.29) is 0 Å². The molecule has 1 aliphatic rings. The summed E-state index contributed by atoms with van der Waals surface area (Å²) in [4.78, 5) is 8.99. The first-order chi connectivity index (χ1) is 14.4. The summed E-state index contributed by atoms with van der Waals surface area (Å²) in [5.41, 5.74) is 1.12. The zero-order chi connectivity index (χ0) is 21.1. The van der Waals surface area contributed by atoms with Crippen LogP contribution in [0, 0.1) is 0 Å². The van der Waals surface area contributed by atoms with Crippen LogP contribution < -0.4 is 0 Å². The number of thiazole rings is 1. The molecule has 1 aliphatic heterocycles. The van der Waals surface area contributed by atoms with Crippen molar-refractivity contribution in [2.24, 2.45) is 0 Å². The first-order valence-corrected chi connectivity index (χ1v) is 11.7. The number of rotatable bonds is 4. The van der Waals surface area contributed by atoms with Gasteiger partial charge in [0.15, 0.2) is 0 Å². The van der Waals surface area contributed by atoms with Crippen molar-refractivity contribution in [3.8, 4) is 0 Å². The van der Waals surface area contributed by atoms with E-state index in [0.717, 1.165) is 52.8 Å². The predicted molar refractivity (Wildman–Crippen MR) is 122 cm³/mol. The zero-order valence-corrected chi connectivity index (χ0v) is 18.5. The second-order valence-corrected chi connectivity index (χ2v) is 9.82. The van der Waals surface area contributed by atoms with Gasteiger partial charge in [0.05, 0.1) is 21.5 Å². The molecule has 0 aliphatic carbocycles. The van der Waals surface area contributed by atoms with E-state index >= 15 is 0 Å². The van der Waals surface area contributed by atoms with E-state index < -0.39 is 11.7 Å². The third-order valence-corrected chi connectivity index (χ3v) is 7.70. The number of benzene rings is 2. The number of piperazine rings is 1. The minimum atomic E-state index is -4.30. The molecular formula is C21H20F3N3S3. The third-order valence-electron chi connectivity index (χ3n) is 4.95. The minimum Gasteiger partial charge on any atom is -0.355 e. The number of fused-ring (bicyclic) bond motifs is 1.